The van der Waals surface area contributed by atoms with Crippen LogP contribution in [-0.2, 0) is 6.54 Å². The maximum absolute atomic E-state index is 13.2. The number of nitrogens with one attached hydrogen (secondary N) is 1. The predicted molar refractivity (Wildman–Crippen MR) is 119 cm³/mol. The van der Waals surface area contributed by atoms with Gasteiger partial charge in [0.05, 0.1) is 12.2 Å². The van der Waals surface area contributed by atoms with Crippen LogP contribution in [0, 0.1) is 26.7 Å². The number of rotatable bonds is 6. The van der Waals surface area contributed by atoms with Crippen LogP contribution < -0.4 is 16.6 Å². The molecule has 1 amide bonds. The number of amides is 1. The molecule has 0 aliphatic heterocycles. The zero-order valence-electron chi connectivity index (χ0n) is 18.0. The van der Waals surface area contributed by atoms with E-state index in [4.69, 9.17) is 0 Å². The molecule has 1 N–H and O–H groups in total. The minimum Gasteiger partial charge on any atom is -0.350 e. The largest absolute Gasteiger partial charge is 0.352 e. The third-order valence-corrected chi connectivity index (χ3v) is 5.72. The molecule has 1 heterocycles. The topological polar surface area (TPSA) is 86.0 Å². The van der Waals surface area contributed by atoms with Gasteiger partial charge in [-0.3, -0.25) is 14.2 Å². The zero-order valence-corrected chi connectivity index (χ0v) is 18.0. The van der Waals surface area contributed by atoms with Crippen molar-refractivity contribution >= 4 is 5.91 Å². The van der Waals surface area contributed by atoms with Crippen molar-refractivity contribution in [3.63, 3.8) is 0 Å². The van der Waals surface area contributed by atoms with Crippen LogP contribution in [0.2, 0.25) is 0 Å². The number of carbonyl (C=O) groups excluding carboxylic acids is 1. The molecule has 0 atom stereocenters. The Morgan fingerprint density at radius 3 is 2.39 bits per heavy atom. The zero-order chi connectivity index (χ0) is 22.1. The van der Waals surface area contributed by atoms with Gasteiger partial charge in [-0.05, 0) is 68.4 Å². The van der Waals surface area contributed by atoms with E-state index in [9.17, 15) is 14.4 Å². The van der Waals surface area contributed by atoms with E-state index in [1.807, 2.05) is 57.2 Å². The van der Waals surface area contributed by atoms with Gasteiger partial charge in [0.25, 0.3) is 11.5 Å². The third kappa shape index (κ3) is 4.50. The standard InChI is InChI=1S/C24H26N4O3/c1-15-4-7-19(8-5-15)14-27-23(30)21(22(29)25-13-18-9-10-18)26-28(24(27)31)20-11-6-16(2)17(3)12-20/h4-8,11-12,18H,9-10,13-14H2,1-3H3,(H,25,29). The second-order valence-electron chi connectivity index (χ2n) is 8.34. The number of benzene rings is 2. The fourth-order valence-corrected chi connectivity index (χ4v) is 3.34. The van der Waals surface area contributed by atoms with Gasteiger partial charge >= 0.3 is 5.69 Å². The van der Waals surface area contributed by atoms with Crippen molar-refractivity contribution in [2.75, 3.05) is 6.54 Å². The molecule has 4 rings (SSSR count). The molecule has 160 valence electrons. The van der Waals surface area contributed by atoms with Gasteiger partial charge in [-0.25, -0.2) is 4.79 Å². The molecule has 0 radical (unpaired) electrons. The van der Waals surface area contributed by atoms with Crippen LogP contribution in [0.25, 0.3) is 5.69 Å². The van der Waals surface area contributed by atoms with E-state index < -0.39 is 17.2 Å². The first kappa shape index (κ1) is 20.8. The summed E-state index contributed by atoms with van der Waals surface area (Å²) in [6.45, 7) is 6.46. The summed E-state index contributed by atoms with van der Waals surface area (Å²) in [6, 6.07) is 13.1. The number of nitrogens with zero attached hydrogens (tertiary/aromatic N) is 3. The first-order valence-corrected chi connectivity index (χ1v) is 10.5. The molecule has 31 heavy (non-hydrogen) atoms. The number of aryl methyl sites for hydroxylation is 3. The molecule has 0 spiro atoms. The molecular weight excluding hydrogens is 392 g/mol. The summed E-state index contributed by atoms with van der Waals surface area (Å²) in [5.41, 5.74) is 2.93. The average molecular weight is 418 g/mol. The Morgan fingerprint density at radius 1 is 1.03 bits per heavy atom. The van der Waals surface area contributed by atoms with Crippen LogP contribution in [0.3, 0.4) is 0 Å². The summed E-state index contributed by atoms with van der Waals surface area (Å²) in [4.78, 5) is 39.1. The van der Waals surface area contributed by atoms with Gasteiger partial charge in [-0.1, -0.05) is 35.9 Å². The lowest BCUT2D eigenvalue weighted by atomic mass is 10.1. The molecule has 0 bridgehead atoms. The van der Waals surface area contributed by atoms with Crippen molar-refractivity contribution in [3.05, 3.63) is 91.3 Å². The van der Waals surface area contributed by atoms with E-state index in [2.05, 4.69) is 10.4 Å². The van der Waals surface area contributed by atoms with Crippen molar-refractivity contribution in [2.24, 2.45) is 5.92 Å². The quantitative estimate of drug-likeness (QED) is 0.667. The monoisotopic (exact) mass is 418 g/mol. The van der Waals surface area contributed by atoms with Crippen LogP contribution in [0.5, 0.6) is 0 Å². The third-order valence-electron chi connectivity index (χ3n) is 5.72. The highest BCUT2D eigenvalue weighted by Crippen LogP contribution is 2.27. The van der Waals surface area contributed by atoms with Crippen LogP contribution in [0.1, 0.15) is 45.6 Å². The first-order valence-electron chi connectivity index (χ1n) is 10.5. The SMILES string of the molecule is Cc1ccc(Cn2c(=O)c(C(=O)NCC3CC3)nn(-c3ccc(C)c(C)c3)c2=O)cc1. The minimum absolute atomic E-state index is 0.0637. The molecule has 2 aromatic carbocycles. The lowest BCUT2D eigenvalue weighted by molar-refractivity contribution is 0.0942. The summed E-state index contributed by atoms with van der Waals surface area (Å²) < 4.78 is 2.23. The predicted octanol–water partition coefficient (Wildman–Crippen LogP) is 2.51. The van der Waals surface area contributed by atoms with Crippen LogP contribution in [0.4, 0.5) is 0 Å². The molecule has 3 aromatic rings. The molecule has 1 aliphatic rings. The minimum atomic E-state index is -0.682. The highest BCUT2D eigenvalue weighted by Gasteiger charge is 2.25. The van der Waals surface area contributed by atoms with E-state index in [1.165, 1.54) is 0 Å². The first-order chi connectivity index (χ1) is 14.8. The smallest absolute Gasteiger partial charge is 0.350 e. The van der Waals surface area contributed by atoms with E-state index in [0.717, 1.165) is 44.3 Å². The van der Waals surface area contributed by atoms with Gasteiger partial charge < -0.3 is 5.32 Å². The lowest BCUT2D eigenvalue weighted by Gasteiger charge is -2.13. The fraction of sp³-hybridized carbons (Fsp3) is 0.333. The van der Waals surface area contributed by atoms with Crippen molar-refractivity contribution in [2.45, 2.75) is 40.2 Å². The van der Waals surface area contributed by atoms with Gasteiger partial charge in [0.1, 0.15) is 0 Å². The van der Waals surface area contributed by atoms with Crippen molar-refractivity contribution in [1.82, 2.24) is 19.7 Å². The Hall–Kier alpha value is -3.48. The van der Waals surface area contributed by atoms with Crippen LogP contribution in [0.15, 0.2) is 52.1 Å². The summed E-state index contributed by atoms with van der Waals surface area (Å²) in [5.74, 6) is -0.0865. The van der Waals surface area contributed by atoms with Gasteiger partial charge in [0.15, 0.2) is 0 Å². The molecule has 1 aliphatic carbocycles. The van der Waals surface area contributed by atoms with Gasteiger partial charge in [0, 0.05) is 6.54 Å². The Morgan fingerprint density at radius 2 is 1.74 bits per heavy atom. The maximum Gasteiger partial charge on any atom is 0.352 e. The Bertz CT molecular complexity index is 1250. The Balaban J connectivity index is 1.82. The number of hydrogen-bond donors (Lipinski definition) is 1. The summed E-state index contributed by atoms with van der Waals surface area (Å²) in [5, 5.41) is 6.98. The number of carbonyl (C=O) groups is 1. The molecule has 0 saturated heterocycles. The summed E-state index contributed by atoms with van der Waals surface area (Å²) in [7, 11) is 0. The van der Waals surface area contributed by atoms with E-state index in [-0.39, 0.29) is 12.2 Å². The summed E-state index contributed by atoms with van der Waals surface area (Å²) >= 11 is 0. The maximum atomic E-state index is 13.2. The number of hydrogen-bond acceptors (Lipinski definition) is 4. The van der Waals surface area contributed by atoms with Crippen LogP contribution in [-0.4, -0.2) is 26.8 Å². The van der Waals surface area contributed by atoms with E-state index in [1.54, 1.807) is 6.07 Å². The van der Waals surface area contributed by atoms with Crippen molar-refractivity contribution in [1.29, 1.82) is 0 Å². The normalized spacial score (nSPS) is 13.3. The highest BCUT2D eigenvalue weighted by atomic mass is 16.2. The van der Waals surface area contributed by atoms with Crippen LogP contribution >= 0.6 is 0 Å². The lowest BCUT2D eigenvalue weighted by Crippen LogP contribution is -2.46. The molecular formula is C24H26N4O3. The van der Waals surface area contributed by atoms with Gasteiger partial charge in [-0.15, -0.1) is 0 Å². The van der Waals surface area contributed by atoms with Gasteiger partial charge in [-0.2, -0.15) is 9.78 Å². The Kier molecular flexibility index (Phi) is 5.59. The molecule has 7 nitrogen and oxygen atoms in total. The number of aromatic nitrogens is 3. The molecule has 1 fully saturated rings. The summed E-state index contributed by atoms with van der Waals surface area (Å²) in [6.07, 6.45) is 2.15. The molecule has 1 saturated carbocycles. The highest BCUT2D eigenvalue weighted by molar-refractivity contribution is 5.91. The fourth-order valence-electron chi connectivity index (χ4n) is 3.34. The van der Waals surface area contributed by atoms with Gasteiger partial charge in [0.2, 0.25) is 5.69 Å². The molecule has 1 aromatic heterocycles. The molecule has 0 unspecified atom stereocenters. The van der Waals surface area contributed by atoms with Crippen molar-refractivity contribution in [3.8, 4) is 5.69 Å². The second kappa shape index (κ2) is 8.34. The van der Waals surface area contributed by atoms with E-state index in [0.29, 0.717) is 18.2 Å². The van der Waals surface area contributed by atoms with E-state index >= 15 is 0 Å². The molecule has 7 heteroatoms. The average Bonchev–Trinajstić information content (AvgIpc) is 3.57. The van der Waals surface area contributed by atoms with Crippen molar-refractivity contribution < 1.29 is 4.79 Å². The Labute approximate surface area is 180 Å². The second-order valence-corrected chi connectivity index (χ2v) is 8.34.